The van der Waals surface area contributed by atoms with Crippen molar-refractivity contribution in [2.24, 2.45) is 0 Å². The zero-order valence-electron chi connectivity index (χ0n) is 15.0. The molecule has 27 heavy (non-hydrogen) atoms. The zero-order valence-corrected chi connectivity index (χ0v) is 15.8. The fourth-order valence-corrected chi connectivity index (χ4v) is 3.13. The van der Waals surface area contributed by atoms with E-state index < -0.39 is 0 Å². The highest BCUT2D eigenvalue weighted by Crippen LogP contribution is 2.20. The molecule has 1 heterocycles. The third-order valence-electron chi connectivity index (χ3n) is 4.50. The van der Waals surface area contributed by atoms with Gasteiger partial charge in [0.05, 0.1) is 5.69 Å². The van der Waals surface area contributed by atoms with Crippen molar-refractivity contribution >= 4 is 23.2 Å². The van der Waals surface area contributed by atoms with E-state index in [1.165, 1.54) is 6.07 Å². The topological polar surface area (TPSA) is 44.8 Å². The summed E-state index contributed by atoms with van der Waals surface area (Å²) in [6, 6.07) is 13.7. The highest BCUT2D eigenvalue weighted by Gasteiger charge is 2.19. The number of piperazine rings is 1. The van der Waals surface area contributed by atoms with Gasteiger partial charge in [-0.05, 0) is 36.4 Å². The van der Waals surface area contributed by atoms with E-state index in [0.29, 0.717) is 23.0 Å². The molecule has 0 unspecified atom stereocenters. The van der Waals surface area contributed by atoms with Gasteiger partial charge in [0, 0.05) is 44.3 Å². The third-order valence-corrected chi connectivity index (χ3v) is 4.75. The van der Waals surface area contributed by atoms with Gasteiger partial charge in [0.2, 0.25) is 0 Å². The molecule has 1 saturated heterocycles. The maximum absolute atomic E-state index is 13.9. The predicted molar refractivity (Wildman–Crippen MR) is 105 cm³/mol. The number of ether oxygens (including phenoxy) is 1. The molecule has 0 aromatic heterocycles. The maximum atomic E-state index is 13.9. The Morgan fingerprint density at radius 3 is 2.48 bits per heavy atom. The van der Waals surface area contributed by atoms with Crippen molar-refractivity contribution in [2.75, 3.05) is 50.8 Å². The number of hydrogen-bond donors (Lipinski definition) is 1. The van der Waals surface area contributed by atoms with Crippen molar-refractivity contribution in [1.29, 1.82) is 0 Å². The van der Waals surface area contributed by atoms with Gasteiger partial charge < -0.3 is 15.0 Å². The van der Waals surface area contributed by atoms with Crippen LogP contribution in [0.5, 0.6) is 5.75 Å². The standard InChI is InChI=1S/C20H23ClFN3O2/c21-16-5-7-17(8-6-16)27-15-20(26)23-9-10-24-11-13-25(14-12-24)19-4-2-1-3-18(19)22/h1-8H,9-15H2,(H,23,26). The van der Waals surface area contributed by atoms with Gasteiger partial charge in [0.25, 0.3) is 5.91 Å². The number of anilines is 1. The van der Waals surface area contributed by atoms with Gasteiger partial charge in [-0.3, -0.25) is 9.69 Å². The summed E-state index contributed by atoms with van der Waals surface area (Å²) in [6.07, 6.45) is 0. The van der Waals surface area contributed by atoms with Crippen LogP contribution in [0.2, 0.25) is 5.02 Å². The van der Waals surface area contributed by atoms with Crippen LogP contribution in [0.4, 0.5) is 10.1 Å². The SMILES string of the molecule is O=C(COc1ccc(Cl)cc1)NCCN1CCN(c2ccccc2F)CC1. The van der Waals surface area contributed by atoms with Crippen LogP contribution in [0.1, 0.15) is 0 Å². The summed E-state index contributed by atoms with van der Waals surface area (Å²) in [4.78, 5) is 16.2. The largest absolute Gasteiger partial charge is 0.484 e. The van der Waals surface area contributed by atoms with Crippen LogP contribution >= 0.6 is 11.6 Å². The highest BCUT2D eigenvalue weighted by atomic mass is 35.5. The van der Waals surface area contributed by atoms with Crippen LogP contribution in [0.15, 0.2) is 48.5 Å². The molecule has 144 valence electrons. The lowest BCUT2D eigenvalue weighted by Crippen LogP contribution is -2.49. The lowest BCUT2D eigenvalue weighted by atomic mass is 10.2. The van der Waals surface area contributed by atoms with Crippen LogP contribution in [-0.4, -0.2) is 56.7 Å². The van der Waals surface area contributed by atoms with Gasteiger partial charge in [-0.15, -0.1) is 0 Å². The second-order valence-corrected chi connectivity index (χ2v) is 6.81. The molecule has 3 rings (SSSR count). The first-order valence-electron chi connectivity index (χ1n) is 8.99. The second-order valence-electron chi connectivity index (χ2n) is 6.37. The Kier molecular flexibility index (Phi) is 6.90. The van der Waals surface area contributed by atoms with Crippen molar-refractivity contribution in [3.05, 3.63) is 59.4 Å². The number of carbonyl (C=O) groups excluding carboxylic acids is 1. The molecule has 2 aromatic carbocycles. The van der Waals surface area contributed by atoms with Gasteiger partial charge in [-0.1, -0.05) is 23.7 Å². The minimum atomic E-state index is -0.182. The first kappa shape index (κ1) is 19.5. The average Bonchev–Trinajstić information content (AvgIpc) is 2.69. The Morgan fingerprint density at radius 1 is 1.07 bits per heavy atom. The van der Waals surface area contributed by atoms with Crippen molar-refractivity contribution in [2.45, 2.75) is 0 Å². The molecule has 0 atom stereocenters. The number of carbonyl (C=O) groups is 1. The number of nitrogens with zero attached hydrogens (tertiary/aromatic N) is 2. The van der Waals surface area contributed by atoms with E-state index in [0.717, 1.165) is 32.7 Å². The molecule has 1 aliphatic rings. The van der Waals surface area contributed by atoms with Gasteiger partial charge in [0.1, 0.15) is 11.6 Å². The Bertz CT molecular complexity index is 749. The highest BCUT2D eigenvalue weighted by molar-refractivity contribution is 6.30. The predicted octanol–water partition coefficient (Wildman–Crippen LogP) is 2.80. The smallest absolute Gasteiger partial charge is 0.257 e. The number of hydrogen-bond acceptors (Lipinski definition) is 4. The van der Waals surface area contributed by atoms with Crippen LogP contribution in [0.25, 0.3) is 0 Å². The normalized spacial score (nSPS) is 14.8. The molecule has 1 N–H and O–H groups in total. The first-order valence-corrected chi connectivity index (χ1v) is 9.36. The lowest BCUT2D eigenvalue weighted by molar-refractivity contribution is -0.123. The van der Waals surface area contributed by atoms with Gasteiger partial charge >= 0.3 is 0 Å². The molecule has 1 amide bonds. The molecule has 0 spiro atoms. The Morgan fingerprint density at radius 2 is 1.78 bits per heavy atom. The van der Waals surface area contributed by atoms with Crippen LogP contribution < -0.4 is 15.0 Å². The molecule has 0 radical (unpaired) electrons. The number of halogens is 2. The summed E-state index contributed by atoms with van der Waals surface area (Å²) in [5, 5.41) is 3.49. The summed E-state index contributed by atoms with van der Waals surface area (Å²) in [5.41, 5.74) is 0.657. The second kappa shape index (κ2) is 9.58. The lowest BCUT2D eigenvalue weighted by Gasteiger charge is -2.36. The fraction of sp³-hybridized carbons (Fsp3) is 0.350. The van der Waals surface area contributed by atoms with Gasteiger partial charge in [-0.2, -0.15) is 0 Å². The molecular weight excluding hydrogens is 369 g/mol. The monoisotopic (exact) mass is 391 g/mol. The van der Waals surface area contributed by atoms with E-state index in [-0.39, 0.29) is 18.3 Å². The molecule has 0 aliphatic carbocycles. The molecule has 1 aliphatic heterocycles. The van der Waals surface area contributed by atoms with Gasteiger partial charge in [0.15, 0.2) is 6.61 Å². The quantitative estimate of drug-likeness (QED) is 0.788. The van der Waals surface area contributed by atoms with Crippen molar-refractivity contribution in [3.8, 4) is 5.75 Å². The van der Waals surface area contributed by atoms with E-state index in [1.54, 1.807) is 30.3 Å². The van der Waals surface area contributed by atoms with E-state index in [4.69, 9.17) is 16.3 Å². The Labute approximate surface area is 163 Å². The molecule has 7 heteroatoms. The maximum Gasteiger partial charge on any atom is 0.257 e. The van der Waals surface area contributed by atoms with E-state index in [2.05, 4.69) is 15.1 Å². The van der Waals surface area contributed by atoms with Crippen LogP contribution in [0.3, 0.4) is 0 Å². The number of benzene rings is 2. The first-order chi connectivity index (χ1) is 13.1. The van der Waals surface area contributed by atoms with Crippen molar-refractivity contribution in [3.63, 3.8) is 0 Å². The Hall–Kier alpha value is -2.31. The summed E-state index contributed by atoms with van der Waals surface area (Å²) in [6.45, 7) is 4.52. The molecule has 2 aromatic rings. The third kappa shape index (κ3) is 5.84. The minimum Gasteiger partial charge on any atom is -0.484 e. The molecule has 1 fully saturated rings. The van der Waals surface area contributed by atoms with Crippen molar-refractivity contribution in [1.82, 2.24) is 10.2 Å². The number of amides is 1. The summed E-state index contributed by atoms with van der Waals surface area (Å²) in [5.74, 6) is 0.271. The molecule has 5 nitrogen and oxygen atoms in total. The Balaban J connectivity index is 1.32. The molecule has 0 saturated carbocycles. The van der Waals surface area contributed by atoms with E-state index in [1.807, 2.05) is 12.1 Å². The van der Waals surface area contributed by atoms with E-state index in [9.17, 15) is 9.18 Å². The van der Waals surface area contributed by atoms with Crippen LogP contribution in [-0.2, 0) is 4.79 Å². The number of nitrogens with one attached hydrogen (secondary N) is 1. The number of para-hydroxylation sites is 1. The molecular formula is C20H23ClFN3O2. The zero-order chi connectivity index (χ0) is 19.1. The summed E-state index contributed by atoms with van der Waals surface area (Å²) < 4.78 is 19.3. The van der Waals surface area contributed by atoms with Crippen molar-refractivity contribution < 1.29 is 13.9 Å². The van der Waals surface area contributed by atoms with Gasteiger partial charge in [-0.25, -0.2) is 4.39 Å². The van der Waals surface area contributed by atoms with Crippen LogP contribution in [0, 0.1) is 5.82 Å². The van der Waals surface area contributed by atoms with E-state index >= 15 is 0 Å². The molecule has 0 bridgehead atoms. The summed E-state index contributed by atoms with van der Waals surface area (Å²) in [7, 11) is 0. The minimum absolute atomic E-state index is 0.0251. The fourth-order valence-electron chi connectivity index (χ4n) is 3.00. The summed E-state index contributed by atoms with van der Waals surface area (Å²) >= 11 is 5.81. The average molecular weight is 392 g/mol. The number of rotatable bonds is 7.